The molecule has 2 aliphatic rings. The maximum Gasteiger partial charge on any atom is 0.106 e. The van der Waals surface area contributed by atoms with E-state index in [0.717, 1.165) is 0 Å². The summed E-state index contributed by atoms with van der Waals surface area (Å²) in [6.45, 7) is 0. The minimum atomic E-state index is 0.493. The molecule has 0 aromatic rings. The molecule has 0 spiro atoms. The summed E-state index contributed by atoms with van der Waals surface area (Å²) in [5.74, 6) is 0. The van der Waals surface area contributed by atoms with Crippen molar-refractivity contribution in [3.63, 3.8) is 0 Å². The van der Waals surface area contributed by atoms with Crippen molar-refractivity contribution in [2.24, 2.45) is 0 Å². The Kier molecular flexibility index (Phi) is 2.56. The van der Waals surface area contributed by atoms with E-state index in [1.165, 1.54) is 17.4 Å². The first-order valence-corrected chi connectivity index (χ1v) is 6.84. The molecule has 2 fully saturated rings. The van der Waals surface area contributed by atoms with Gasteiger partial charge in [0.2, 0.25) is 0 Å². The predicted octanol–water partition coefficient (Wildman–Crippen LogP) is 2.16. The summed E-state index contributed by atoms with van der Waals surface area (Å²) in [7, 11) is 2.91. The Hall–Kier alpha value is 0.495. The van der Waals surface area contributed by atoms with Crippen LogP contribution in [-0.2, 0) is 0 Å². The molecule has 0 amide bonds. The smallest absolute Gasteiger partial charge is 0.106 e. The highest BCUT2D eigenvalue weighted by Crippen LogP contribution is 2.58. The van der Waals surface area contributed by atoms with E-state index in [9.17, 15) is 0 Å². The van der Waals surface area contributed by atoms with Crippen molar-refractivity contribution in [1.29, 1.82) is 0 Å². The van der Waals surface area contributed by atoms with Crippen LogP contribution in [0.15, 0.2) is 0 Å². The lowest BCUT2D eigenvalue weighted by Crippen LogP contribution is -2.27. The minimum Gasteiger partial charge on any atom is -0.108 e. The van der Waals surface area contributed by atoms with Gasteiger partial charge in [-0.25, -0.2) is 0 Å². The molecule has 0 saturated carbocycles. The van der Waals surface area contributed by atoms with E-state index in [-0.39, 0.29) is 0 Å². The summed E-state index contributed by atoms with van der Waals surface area (Å²) in [5, 5.41) is 0. The summed E-state index contributed by atoms with van der Waals surface area (Å²) in [4.78, 5) is 0. The Morgan fingerprint density at radius 3 is 1.73 bits per heavy atom. The first-order chi connectivity index (χ1) is 5.42. The molecule has 0 atom stereocenters. The highest BCUT2D eigenvalue weighted by atomic mass is 31.1. The van der Waals surface area contributed by atoms with Crippen molar-refractivity contribution in [2.75, 3.05) is 6.06 Å². The Labute approximate surface area is 72.3 Å². The Bertz CT molecular complexity index is 116. The van der Waals surface area contributed by atoms with Gasteiger partial charge in [-0.15, -0.1) is 7.92 Å². The molecule has 2 bridgehead atoms. The molecular weight excluding hydrogens is 150 g/mol. The van der Waals surface area contributed by atoms with Gasteiger partial charge in [0.15, 0.2) is 0 Å². The van der Waals surface area contributed by atoms with Gasteiger partial charge in [0.25, 0.3) is 0 Å². The molecule has 0 aromatic carbocycles. The topological polar surface area (TPSA) is 0 Å². The molecule has 0 radical (unpaired) electrons. The molecule has 0 unspecified atom stereocenters. The zero-order valence-corrected chi connectivity index (χ0v) is 8.45. The molecule has 0 nitrogen and oxygen atoms in total. The van der Waals surface area contributed by atoms with Gasteiger partial charge in [-0.2, -0.15) is 0 Å². The quantitative estimate of drug-likeness (QED) is 0.415. The molecular formula is C9H18BP. The van der Waals surface area contributed by atoms with Crippen LogP contribution in [0.4, 0.5) is 0 Å². The van der Waals surface area contributed by atoms with Gasteiger partial charge < -0.3 is 0 Å². The van der Waals surface area contributed by atoms with E-state index in [0.29, 0.717) is 7.92 Å². The Morgan fingerprint density at radius 1 is 1.00 bits per heavy atom. The van der Waals surface area contributed by atoms with E-state index in [2.05, 4.69) is 7.85 Å². The van der Waals surface area contributed by atoms with Gasteiger partial charge >= 0.3 is 0 Å². The van der Waals surface area contributed by atoms with Crippen molar-refractivity contribution in [1.82, 2.24) is 0 Å². The molecule has 11 heavy (non-hydrogen) atoms. The minimum absolute atomic E-state index is 0.493. The monoisotopic (exact) mass is 168 g/mol. The van der Waals surface area contributed by atoms with Gasteiger partial charge in [-0.05, 0) is 37.0 Å². The second kappa shape index (κ2) is 3.48. The van der Waals surface area contributed by atoms with Gasteiger partial charge in [-0.3, -0.25) is 0 Å². The molecule has 2 heteroatoms. The van der Waals surface area contributed by atoms with E-state index >= 15 is 0 Å². The van der Waals surface area contributed by atoms with E-state index in [1.54, 1.807) is 38.5 Å². The van der Waals surface area contributed by atoms with E-state index < -0.39 is 0 Å². The third-order valence-electron chi connectivity index (χ3n) is 3.45. The van der Waals surface area contributed by atoms with Crippen LogP contribution >= 0.6 is 7.92 Å². The highest BCUT2D eigenvalue weighted by molar-refractivity contribution is 7.60. The van der Waals surface area contributed by atoms with Gasteiger partial charge in [0.05, 0.1) is 0 Å². The summed E-state index contributed by atoms with van der Waals surface area (Å²) in [6, 6.07) is 1.52. The van der Waals surface area contributed by atoms with Crippen LogP contribution < -0.4 is 0 Å². The molecule has 0 aliphatic carbocycles. The third kappa shape index (κ3) is 1.50. The summed E-state index contributed by atoms with van der Waals surface area (Å²) in [5.41, 5.74) is 2.39. The maximum absolute atomic E-state index is 2.42. The Balaban J connectivity index is 2.04. The summed E-state index contributed by atoms with van der Waals surface area (Å²) in [6.07, 6.45) is 9.42. The lowest BCUT2D eigenvalue weighted by molar-refractivity contribution is 0.476. The van der Waals surface area contributed by atoms with Crippen LogP contribution in [0.5, 0.6) is 0 Å². The highest BCUT2D eigenvalue weighted by Gasteiger charge is 2.33. The predicted molar refractivity (Wildman–Crippen MR) is 55.6 cm³/mol. The summed E-state index contributed by atoms with van der Waals surface area (Å²) >= 11 is 0. The maximum atomic E-state index is 2.42. The van der Waals surface area contributed by atoms with Crippen LogP contribution in [0.2, 0.25) is 0 Å². The Morgan fingerprint density at radius 2 is 1.45 bits per heavy atom. The largest absolute Gasteiger partial charge is 0.108 e. The SMILES string of the molecule is BC[P@]1[C@@H]2CCC[C@@H]1CCC2. The van der Waals surface area contributed by atoms with Crippen molar-refractivity contribution < 1.29 is 0 Å². The van der Waals surface area contributed by atoms with Crippen molar-refractivity contribution >= 4 is 15.8 Å². The van der Waals surface area contributed by atoms with E-state index in [4.69, 9.17) is 0 Å². The third-order valence-corrected chi connectivity index (χ3v) is 7.09. The van der Waals surface area contributed by atoms with Crippen LogP contribution in [0.25, 0.3) is 0 Å². The molecule has 0 aromatic heterocycles. The second-order valence-corrected chi connectivity index (χ2v) is 7.12. The number of hydrogen-bond donors (Lipinski definition) is 0. The fourth-order valence-electron chi connectivity index (χ4n) is 2.94. The molecule has 2 saturated heterocycles. The summed E-state index contributed by atoms with van der Waals surface area (Å²) < 4.78 is 0. The van der Waals surface area contributed by atoms with Crippen molar-refractivity contribution in [3.05, 3.63) is 0 Å². The van der Waals surface area contributed by atoms with Crippen molar-refractivity contribution in [3.8, 4) is 0 Å². The lowest BCUT2D eigenvalue weighted by atomic mass is 9.99. The molecule has 2 rings (SSSR count). The van der Waals surface area contributed by atoms with Gasteiger partial charge in [0, 0.05) is 0 Å². The molecule has 2 aliphatic heterocycles. The molecule has 0 N–H and O–H groups in total. The molecule has 2 heterocycles. The first kappa shape index (κ1) is 8.11. The van der Waals surface area contributed by atoms with Crippen LogP contribution in [-0.4, -0.2) is 25.2 Å². The fourth-order valence-corrected chi connectivity index (χ4v) is 6.63. The number of hydrogen-bond acceptors (Lipinski definition) is 0. The van der Waals surface area contributed by atoms with Crippen LogP contribution in [0.3, 0.4) is 0 Å². The number of rotatable bonds is 1. The standard InChI is InChI=1S/C9H18BP/c10-7-11-8-3-1-4-9(11)6-2-5-8/h8-9H,1-7,10H2/t8-,9-. The number of fused-ring (bicyclic) bond motifs is 2. The second-order valence-electron chi connectivity index (χ2n) is 4.00. The first-order valence-electron chi connectivity index (χ1n) is 5.17. The average Bonchev–Trinajstić information content (AvgIpc) is 2.03. The molecule has 62 valence electrons. The average molecular weight is 168 g/mol. The zero-order valence-electron chi connectivity index (χ0n) is 7.55. The fraction of sp³-hybridized carbons (Fsp3) is 1.00. The zero-order chi connectivity index (χ0) is 7.68. The normalized spacial score (nSPS) is 43.8. The van der Waals surface area contributed by atoms with Crippen LogP contribution in [0, 0.1) is 0 Å². The van der Waals surface area contributed by atoms with Gasteiger partial charge in [0.1, 0.15) is 7.85 Å². The van der Waals surface area contributed by atoms with E-state index in [1.807, 2.05) is 0 Å². The lowest BCUT2D eigenvalue weighted by Gasteiger charge is -2.43. The van der Waals surface area contributed by atoms with Gasteiger partial charge in [-0.1, -0.05) is 18.9 Å². The van der Waals surface area contributed by atoms with Crippen LogP contribution in [0.1, 0.15) is 38.5 Å². The van der Waals surface area contributed by atoms with Crippen molar-refractivity contribution in [2.45, 2.75) is 49.8 Å².